The van der Waals surface area contributed by atoms with Crippen LogP contribution in [-0.2, 0) is 6.42 Å². The molecule has 0 aliphatic rings. The zero-order chi connectivity index (χ0) is 15.1. The summed E-state index contributed by atoms with van der Waals surface area (Å²) < 4.78 is 5.74. The van der Waals surface area contributed by atoms with E-state index >= 15 is 0 Å². The number of rotatable bonds is 6. The lowest BCUT2D eigenvalue weighted by Gasteiger charge is -2.20. The van der Waals surface area contributed by atoms with Gasteiger partial charge in [0.1, 0.15) is 12.4 Å². The van der Waals surface area contributed by atoms with Crippen LogP contribution in [0.4, 0.5) is 0 Å². The van der Waals surface area contributed by atoms with Crippen molar-refractivity contribution >= 4 is 0 Å². The van der Waals surface area contributed by atoms with E-state index in [1.165, 1.54) is 11.1 Å². The molecule has 21 heavy (non-hydrogen) atoms. The highest BCUT2D eigenvalue weighted by atomic mass is 16.5. The largest absolute Gasteiger partial charge is 0.492 e. The number of benzene rings is 2. The van der Waals surface area contributed by atoms with Gasteiger partial charge in [-0.25, -0.2) is 0 Å². The molecule has 0 heterocycles. The van der Waals surface area contributed by atoms with Crippen molar-refractivity contribution in [3.63, 3.8) is 0 Å². The summed E-state index contributed by atoms with van der Waals surface area (Å²) in [4.78, 5) is 0. The molecule has 0 fully saturated rings. The van der Waals surface area contributed by atoms with Crippen molar-refractivity contribution < 1.29 is 4.74 Å². The van der Waals surface area contributed by atoms with Gasteiger partial charge in [-0.3, -0.25) is 0 Å². The van der Waals surface area contributed by atoms with Crippen LogP contribution < -0.4 is 10.1 Å². The van der Waals surface area contributed by atoms with Gasteiger partial charge in [-0.05, 0) is 50.5 Å². The minimum atomic E-state index is 0.142. The maximum Gasteiger partial charge on any atom is 0.119 e. The Morgan fingerprint density at radius 3 is 2.10 bits per heavy atom. The Morgan fingerprint density at radius 1 is 0.857 bits per heavy atom. The Hall–Kier alpha value is -1.80. The quantitative estimate of drug-likeness (QED) is 0.808. The van der Waals surface area contributed by atoms with Crippen LogP contribution in [0.3, 0.4) is 0 Å². The van der Waals surface area contributed by atoms with E-state index in [1.54, 1.807) is 0 Å². The summed E-state index contributed by atoms with van der Waals surface area (Å²) in [5.41, 5.74) is 2.78. The third-order valence-electron chi connectivity index (χ3n) is 3.20. The molecule has 0 spiro atoms. The van der Waals surface area contributed by atoms with Crippen LogP contribution >= 0.6 is 0 Å². The third-order valence-corrected chi connectivity index (χ3v) is 3.20. The van der Waals surface area contributed by atoms with E-state index in [9.17, 15) is 0 Å². The molecule has 0 atom stereocenters. The Labute approximate surface area is 128 Å². The van der Waals surface area contributed by atoms with Gasteiger partial charge in [-0.1, -0.05) is 42.5 Å². The van der Waals surface area contributed by atoms with Crippen LogP contribution in [0.25, 0.3) is 0 Å². The highest BCUT2D eigenvalue weighted by molar-refractivity contribution is 5.31. The van der Waals surface area contributed by atoms with Crippen molar-refractivity contribution in [2.45, 2.75) is 32.7 Å². The van der Waals surface area contributed by atoms with Crippen molar-refractivity contribution in [3.8, 4) is 5.75 Å². The van der Waals surface area contributed by atoms with Crippen molar-refractivity contribution in [2.24, 2.45) is 0 Å². The van der Waals surface area contributed by atoms with Crippen LogP contribution in [0.2, 0.25) is 0 Å². The first-order valence-electron chi connectivity index (χ1n) is 7.54. The molecule has 2 aromatic rings. The average Bonchev–Trinajstić information content (AvgIpc) is 2.45. The summed E-state index contributed by atoms with van der Waals surface area (Å²) in [5.74, 6) is 0.933. The molecule has 0 radical (unpaired) electrons. The third kappa shape index (κ3) is 6.01. The van der Waals surface area contributed by atoms with E-state index in [2.05, 4.69) is 74.6 Å². The second-order valence-corrected chi connectivity index (χ2v) is 6.33. The van der Waals surface area contributed by atoms with E-state index in [0.717, 1.165) is 18.7 Å². The van der Waals surface area contributed by atoms with E-state index in [1.807, 2.05) is 6.07 Å². The number of ether oxygens (including phenoxy) is 1. The Kier molecular flexibility index (Phi) is 5.40. The van der Waals surface area contributed by atoms with Gasteiger partial charge in [0.05, 0.1) is 0 Å². The molecule has 0 aliphatic heterocycles. The zero-order valence-electron chi connectivity index (χ0n) is 13.2. The van der Waals surface area contributed by atoms with E-state index < -0.39 is 0 Å². The number of hydrogen-bond acceptors (Lipinski definition) is 2. The minimum absolute atomic E-state index is 0.142. The van der Waals surface area contributed by atoms with Gasteiger partial charge in [0.2, 0.25) is 0 Å². The predicted octanol–water partition coefficient (Wildman–Crippen LogP) is 4.04. The second kappa shape index (κ2) is 7.28. The molecule has 0 bridgehead atoms. The normalized spacial score (nSPS) is 11.4. The minimum Gasteiger partial charge on any atom is -0.492 e. The molecule has 2 heteroatoms. The fraction of sp³-hybridized carbons (Fsp3) is 0.368. The molecule has 0 aliphatic carbocycles. The first-order valence-corrected chi connectivity index (χ1v) is 7.54. The molecule has 0 aromatic heterocycles. The first kappa shape index (κ1) is 15.6. The lowest BCUT2D eigenvalue weighted by atomic mass is 10.1. The molecule has 1 N–H and O–H groups in total. The molecule has 0 saturated heterocycles. The lowest BCUT2D eigenvalue weighted by molar-refractivity contribution is 0.291. The summed E-state index contributed by atoms with van der Waals surface area (Å²) in [6.45, 7) is 8.02. The summed E-state index contributed by atoms with van der Waals surface area (Å²) in [7, 11) is 0. The van der Waals surface area contributed by atoms with Gasteiger partial charge < -0.3 is 10.1 Å². The van der Waals surface area contributed by atoms with Gasteiger partial charge in [0.15, 0.2) is 0 Å². The maximum absolute atomic E-state index is 5.74. The summed E-state index contributed by atoms with van der Waals surface area (Å²) in [5, 5.41) is 3.41. The van der Waals surface area contributed by atoms with Gasteiger partial charge in [-0.2, -0.15) is 0 Å². The molecule has 0 saturated carbocycles. The van der Waals surface area contributed by atoms with Crippen LogP contribution in [0.5, 0.6) is 5.75 Å². The highest BCUT2D eigenvalue weighted by Gasteiger charge is 2.07. The number of hydrogen-bond donors (Lipinski definition) is 1. The van der Waals surface area contributed by atoms with Crippen LogP contribution in [0.15, 0.2) is 54.6 Å². The topological polar surface area (TPSA) is 21.3 Å². The second-order valence-electron chi connectivity index (χ2n) is 6.33. The Bertz CT molecular complexity index is 526. The van der Waals surface area contributed by atoms with Crippen LogP contribution in [0, 0.1) is 0 Å². The van der Waals surface area contributed by atoms with E-state index in [0.29, 0.717) is 6.61 Å². The smallest absolute Gasteiger partial charge is 0.119 e. The molecule has 0 amide bonds. The number of nitrogens with one attached hydrogen (secondary N) is 1. The standard InChI is InChI=1S/C19H25NO/c1-19(2,3)20-13-14-21-18-11-9-17(10-12-18)15-16-7-5-4-6-8-16/h4-12,20H,13-15H2,1-3H3. The fourth-order valence-corrected chi connectivity index (χ4v) is 2.13. The molecule has 112 valence electrons. The molecule has 0 unspecified atom stereocenters. The van der Waals surface area contributed by atoms with Crippen molar-refractivity contribution in [3.05, 3.63) is 65.7 Å². The Morgan fingerprint density at radius 2 is 1.48 bits per heavy atom. The van der Waals surface area contributed by atoms with Gasteiger partial charge in [0.25, 0.3) is 0 Å². The SMILES string of the molecule is CC(C)(C)NCCOc1ccc(Cc2ccccc2)cc1. The fourth-order valence-electron chi connectivity index (χ4n) is 2.13. The van der Waals surface area contributed by atoms with Gasteiger partial charge >= 0.3 is 0 Å². The molecular formula is C19H25NO. The van der Waals surface area contributed by atoms with Crippen molar-refractivity contribution in [1.29, 1.82) is 0 Å². The maximum atomic E-state index is 5.74. The predicted molar refractivity (Wildman–Crippen MR) is 88.9 cm³/mol. The van der Waals surface area contributed by atoms with Crippen LogP contribution in [-0.4, -0.2) is 18.7 Å². The Balaban J connectivity index is 1.79. The summed E-state index contributed by atoms with van der Waals surface area (Å²) in [6, 6.07) is 18.9. The average molecular weight is 283 g/mol. The van der Waals surface area contributed by atoms with Crippen molar-refractivity contribution in [2.75, 3.05) is 13.2 Å². The molecule has 2 rings (SSSR count). The molecular weight excluding hydrogens is 258 g/mol. The molecule has 2 aromatic carbocycles. The lowest BCUT2D eigenvalue weighted by Crippen LogP contribution is -2.38. The van der Waals surface area contributed by atoms with E-state index in [4.69, 9.17) is 4.74 Å². The zero-order valence-corrected chi connectivity index (χ0v) is 13.2. The van der Waals surface area contributed by atoms with E-state index in [-0.39, 0.29) is 5.54 Å². The van der Waals surface area contributed by atoms with Gasteiger partial charge in [-0.15, -0.1) is 0 Å². The highest BCUT2D eigenvalue weighted by Crippen LogP contribution is 2.15. The van der Waals surface area contributed by atoms with Gasteiger partial charge in [0, 0.05) is 12.1 Å². The van der Waals surface area contributed by atoms with Crippen molar-refractivity contribution in [1.82, 2.24) is 5.32 Å². The monoisotopic (exact) mass is 283 g/mol. The van der Waals surface area contributed by atoms with Crippen LogP contribution in [0.1, 0.15) is 31.9 Å². The molecule has 2 nitrogen and oxygen atoms in total. The summed E-state index contributed by atoms with van der Waals surface area (Å²) >= 11 is 0. The first-order chi connectivity index (χ1) is 10.0. The summed E-state index contributed by atoms with van der Waals surface area (Å²) in [6.07, 6.45) is 0.965.